The SMILES string of the molecule is CCCCc1cc(CCCC)c(CCCC)s1. The third-order valence-electron chi connectivity index (χ3n) is 3.28. The molecule has 1 heteroatoms. The Balaban J connectivity index is 2.64. The summed E-state index contributed by atoms with van der Waals surface area (Å²) in [6, 6.07) is 2.50. The lowest BCUT2D eigenvalue weighted by Crippen LogP contribution is -1.88. The predicted molar refractivity (Wildman–Crippen MR) is 80.2 cm³/mol. The lowest BCUT2D eigenvalue weighted by atomic mass is 10.1. The Morgan fingerprint density at radius 2 is 1.41 bits per heavy atom. The van der Waals surface area contributed by atoms with Gasteiger partial charge in [-0.25, -0.2) is 0 Å². The van der Waals surface area contributed by atoms with E-state index in [2.05, 4.69) is 38.2 Å². The monoisotopic (exact) mass is 252 g/mol. The van der Waals surface area contributed by atoms with E-state index < -0.39 is 0 Å². The van der Waals surface area contributed by atoms with Crippen LogP contribution in [0.1, 0.15) is 74.6 Å². The minimum absolute atomic E-state index is 1.30. The van der Waals surface area contributed by atoms with Gasteiger partial charge in [-0.05, 0) is 50.2 Å². The smallest absolute Gasteiger partial charge is 0.00801 e. The molecule has 0 bridgehead atoms. The highest BCUT2D eigenvalue weighted by Gasteiger charge is 2.08. The maximum Gasteiger partial charge on any atom is 0.00801 e. The van der Waals surface area contributed by atoms with E-state index in [1.54, 1.807) is 15.3 Å². The normalized spacial score (nSPS) is 11.0. The largest absolute Gasteiger partial charge is 0.145 e. The van der Waals surface area contributed by atoms with Crippen molar-refractivity contribution in [3.8, 4) is 0 Å². The summed E-state index contributed by atoms with van der Waals surface area (Å²) in [5.74, 6) is 0. The molecule has 0 fully saturated rings. The molecular weight excluding hydrogens is 224 g/mol. The van der Waals surface area contributed by atoms with Gasteiger partial charge in [-0.2, -0.15) is 0 Å². The molecule has 0 atom stereocenters. The molecule has 0 saturated heterocycles. The fraction of sp³-hybridized carbons (Fsp3) is 0.750. The average molecular weight is 252 g/mol. The molecule has 0 saturated carbocycles. The van der Waals surface area contributed by atoms with E-state index >= 15 is 0 Å². The molecule has 0 aliphatic rings. The number of hydrogen-bond donors (Lipinski definition) is 0. The summed E-state index contributed by atoms with van der Waals surface area (Å²) >= 11 is 2.09. The van der Waals surface area contributed by atoms with Gasteiger partial charge in [-0.15, -0.1) is 11.3 Å². The molecule has 0 aromatic carbocycles. The van der Waals surface area contributed by atoms with Crippen molar-refractivity contribution >= 4 is 11.3 Å². The van der Waals surface area contributed by atoms with Gasteiger partial charge in [-0.1, -0.05) is 40.0 Å². The highest BCUT2D eigenvalue weighted by atomic mass is 32.1. The van der Waals surface area contributed by atoms with Crippen LogP contribution in [-0.2, 0) is 19.3 Å². The molecule has 0 unspecified atom stereocenters. The van der Waals surface area contributed by atoms with Crippen molar-refractivity contribution in [2.45, 2.75) is 78.6 Å². The first-order valence-electron chi connectivity index (χ1n) is 7.42. The van der Waals surface area contributed by atoms with Crippen LogP contribution in [0.2, 0.25) is 0 Å². The number of aryl methyl sites for hydroxylation is 3. The lowest BCUT2D eigenvalue weighted by Gasteiger charge is -2.01. The van der Waals surface area contributed by atoms with Crippen LogP contribution >= 0.6 is 11.3 Å². The zero-order valence-corrected chi connectivity index (χ0v) is 12.7. The summed E-state index contributed by atoms with van der Waals surface area (Å²) in [5.41, 5.74) is 1.66. The molecule has 0 radical (unpaired) electrons. The topological polar surface area (TPSA) is 0 Å². The fourth-order valence-electron chi connectivity index (χ4n) is 2.13. The molecule has 0 amide bonds. The number of hydrogen-bond acceptors (Lipinski definition) is 1. The summed E-state index contributed by atoms with van der Waals surface area (Å²) in [4.78, 5) is 3.32. The van der Waals surface area contributed by atoms with Crippen LogP contribution in [0.4, 0.5) is 0 Å². The van der Waals surface area contributed by atoms with E-state index in [4.69, 9.17) is 0 Å². The molecule has 17 heavy (non-hydrogen) atoms. The van der Waals surface area contributed by atoms with Crippen LogP contribution in [0.3, 0.4) is 0 Å². The van der Waals surface area contributed by atoms with Crippen LogP contribution in [-0.4, -0.2) is 0 Å². The number of rotatable bonds is 9. The van der Waals surface area contributed by atoms with E-state index in [-0.39, 0.29) is 0 Å². The van der Waals surface area contributed by atoms with Crippen molar-refractivity contribution in [3.63, 3.8) is 0 Å². The van der Waals surface area contributed by atoms with Crippen molar-refractivity contribution in [2.24, 2.45) is 0 Å². The minimum atomic E-state index is 1.30. The average Bonchev–Trinajstić information content (AvgIpc) is 2.73. The first-order chi connectivity index (χ1) is 8.31. The standard InChI is InChI=1S/C16H28S/c1-4-7-10-14-13-15(11-8-5-2)17-16(14)12-9-6-3/h13H,4-12H2,1-3H3. The van der Waals surface area contributed by atoms with Gasteiger partial charge in [0.2, 0.25) is 0 Å². The predicted octanol–water partition coefficient (Wildman–Crippen LogP) is 5.78. The molecule has 1 aromatic heterocycles. The Bertz CT molecular complexity index is 273. The third-order valence-corrected chi connectivity index (χ3v) is 4.58. The second-order valence-electron chi connectivity index (χ2n) is 4.97. The lowest BCUT2D eigenvalue weighted by molar-refractivity contribution is 0.766. The molecule has 0 spiro atoms. The number of thiophene rings is 1. The van der Waals surface area contributed by atoms with Crippen LogP contribution < -0.4 is 0 Å². The maximum atomic E-state index is 2.50. The van der Waals surface area contributed by atoms with Gasteiger partial charge in [0.15, 0.2) is 0 Å². The van der Waals surface area contributed by atoms with Crippen molar-refractivity contribution in [1.29, 1.82) is 0 Å². The second-order valence-corrected chi connectivity index (χ2v) is 6.19. The molecule has 1 heterocycles. The molecule has 0 nitrogen and oxygen atoms in total. The third kappa shape index (κ3) is 5.25. The van der Waals surface area contributed by atoms with E-state index in [0.717, 1.165) is 0 Å². The van der Waals surface area contributed by atoms with Crippen molar-refractivity contribution in [3.05, 3.63) is 21.4 Å². The van der Waals surface area contributed by atoms with Gasteiger partial charge < -0.3 is 0 Å². The van der Waals surface area contributed by atoms with E-state index in [9.17, 15) is 0 Å². The van der Waals surface area contributed by atoms with Crippen molar-refractivity contribution in [1.82, 2.24) is 0 Å². The van der Waals surface area contributed by atoms with Gasteiger partial charge in [0, 0.05) is 9.75 Å². The zero-order valence-electron chi connectivity index (χ0n) is 11.8. The molecule has 1 aromatic rings. The Morgan fingerprint density at radius 3 is 2.06 bits per heavy atom. The summed E-state index contributed by atoms with van der Waals surface area (Å²) in [5, 5.41) is 0. The Kier molecular flexibility index (Phi) is 7.59. The van der Waals surface area contributed by atoms with Crippen LogP contribution in [0.5, 0.6) is 0 Å². The zero-order chi connectivity index (χ0) is 12.5. The molecule has 0 aliphatic carbocycles. The van der Waals surface area contributed by atoms with Crippen molar-refractivity contribution < 1.29 is 0 Å². The van der Waals surface area contributed by atoms with Gasteiger partial charge in [0.25, 0.3) is 0 Å². The summed E-state index contributed by atoms with van der Waals surface area (Å²) in [7, 11) is 0. The molecule has 1 rings (SSSR count). The molecular formula is C16H28S. The summed E-state index contributed by atoms with van der Waals surface area (Å²) < 4.78 is 0. The first kappa shape index (κ1) is 14.8. The molecule has 98 valence electrons. The van der Waals surface area contributed by atoms with E-state index in [0.29, 0.717) is 0 Å². The highest BCUT2D eigenvalue weighted by molar-refractivity contribution is 7.12. The Morgan fingerprint density at radius 1 is 0.824 bits per heavy atom. The molecule has 0 N–H and O–H groups in total. The van der Waals surface area contributed by atoms with Gasteiger partial charge in [0.1, 0.15) is 0 Å². The van der Waals surface area contributed by atoms with Gasteiger partial charge in [0.05, 0.1) is 0 Å². The second kappa shape index (κ2) is 8.74. The highest BCUT2D eigenvalue weighted by Crippen LogP contribution is 2.27. The summed E-state index contributed by atoms with van der Waals surface area (Å²) in [6.07, 6.45) is 11.9. The Hall–Kier alpha value is -0.300. The maximum absolute atomic E-state index is 2.50. The Labute approximate surface area is 111 Å². The quantitative estimate of drug-likeness (QED) is 0.523. The first-order valence-corrected chi connectivity index (χ1v) is 8.23. The molecule has 0 aliphatic heterocycles. The fourth-order valence-corrected chi connectivity index (χ4v) is 3.43. The van der Waals surface area contributed by atoms with E-state index in [1.165, 1.54) is 57.8 Å². The number of unbranched alkanes of at least 4 members (excludes halogenated alkanes) is 3. The van der Waals surface area contributed by atoms with Crippen LogP contribution in [0.15, 0.2) is 6.07 Å². The minimum Gasteiger partial charge on any atom is -0.145 e. The van der Waals surface area contributed by atoms with E-state index in [1.807, 2.05) is 0 Å². The summed E-state index contributed by atoms with van der Waals surface area (Å²) in [6.45, 7) is 6.86. The van der Waals surface area contributed by atoms with Crippen LogP contribution in [0, 0.1) is 0 Å². The van der Waals surface area contributed by atoms with Gasteiger partial charge in [-0.3, -0.25) is 0 Å². The van der Waals surface area contributed by atoms with Crippen molar-refractivity contribution in [2.75, 3.05) is 0 Å². The van der Waals surface area contributed by atoms with Crippen LogP contribution in [0.25, 0.3) is 0 Å². The van der Waals surface area contributed by atoms with Gasteiger partial charge >= 0.3 is 0 Å².